The van der Waals surface area contributed by atoms with Crippen molar-refractivity contribution in [3.05, 3.63) is 11.6 Å². The van der Waals surface area contributed by atoms with Gasteiger partial charge in [0, 0.05) is 6.08 Å². The molecule has 6 nitrogen and oxygen atoms in total. The lowest BCUT2D eigenvalue weighted by atomic mass is 10.1. The van der Waals surface area contributed by atoms with E-state index in [1.54, 1.807) is 13.8 Å². The summed E-state index contributed by atoms with van der Waals surface area (Å²) in [6.07, 6.45) is 5.45. The van der Waals surface area contributed by atoms with Gasteiger partial charge in [-0.1, -0.05) is 18.4 Å². The molecule has 0 aromatic heterocycles. The molecule has 0 aromatic rings. The van der Waals surface area contributed by atoms with Crippen LogP contribution in [0.4, 0.5) is 0 Å². The molecular weight excluding hydrogens is 284 g/mol. The van der Waals surface area contributed by atoms with Gasteiger partial charge in [0.25, 0.3) is 10.1 Å². The molecule has 0 amide bonds. The maximum Gasteiger partial charge on any atom is 0.330 e. The zero-order valence-electron chi connectivity index (χ0n) is 12.0. The summed E-state index contributed by atoms with van der Waals surface area (Å²) in [5, 5.41) is 9.09. The van der Waals surface area contributed by atoms with E-state index >= 15 is 0 Å². The molecule has 7 heteroatoms. The largest absolute Gasteiger partial charge is 0.461 e. The lowest BCUT2D eigenvalue weighted by molar-refractivity contribution is -0.137. The summed E-state index contributed by atoms with van der Waals surface area (Å²) in [5.41, 5.74) is 0.860. The molecule has 20 heavy (non-hydrogen) atoms. The standard InChI is InChI=1S/C13H24O6S/c1-11(6-4-3-5-7-12(2)14)10-13(15)19-8-9-20(16,17)18/h10,12,14H,3-9H2,1-2H3,(H,16,17,18)/b11-10+/t12-/m1/s1. The van der Waals surface area contributed by atoms with Crippen molar-refractivity contribution in [2.24, 2.45) is 0 Å². The van der Waals surface area contributed by atoms with E-state index in [-0.39, 0.29) is 12.7 Å². The highest BCUT2D eigenvalue weighted by Crippen LogP contribution is 2.10. The van der Waals surface area contributed by atoms with Crippen LogP contribution in [0.5, 0.6) is 0 Å². The number of carbonyl (C=O) groups excluding carboxylic acids is 1. The second-order valence-corrected chi connectivity index (χ2v) is 6.46. The Hall–Kier alpha value is -0.920. The molecule has 0 aliphatic heterocycles. The molecule has 0 radical (unpaired) electrons. The molecule has 0 spiro atoms. The molecule has 0 aliphatic carbocycles. The molecule has 0 rings (SSSR count). The number of carbonyl (C=O) groups is 1. The quantitative estimate of drug-likeness (QED) is 0.276. The zero-order chi connectivity index (χ0) is 15.6. The second kappa shape index (κ2) is 9.90. The van der Waals surface area contributed by atoms with Crippen LogP contribution in [0.15, 0.2) is 11.6 Å². The summed E-state index contributed by atoms with van der Waals surface area (Å²) in [6, 6.07) is 0. The van der Waals surface area contributed by atoms with Gasteiger partial charge in [-0.2, -0.15) is 8.42 Å². The average molecular weight is 308 g/mol. The molecule has 2 N–H and O–H groups in total. The lowest BCUT2D eigenvalue weighted by Gasteiger charge is -2.04. The van der Waals surface area contributed by atoms with E-state index in [0.717, 1.165) is 37.7 Å². The van der Waals surface area contributed by atoms with Crippen molar-refractivity contribution < 1.29 is 27.6 Å². The van der Waals surface area contributed by atoms with Gasteiger partial charge in [0.1, 0.15) is 12.4 Å². The number of esters is 1. The molecule has 0 fully saturated rings. The molecule has 0 saturated carbocycles. The van der Waals surface area contributed by atoms with E-state index in [2.05, 4.69) is 4.74 Å². The Kier molecular flexibility index (Phi) is 9.45. The van der Waals surface area contributed by atoms with Crippen molar-refractivity contribution >= 4 is 16.1 Å². The molecule has 0 unspecified atom stereocenters. The van der Waals surface area contributed by atoms with Gasteiger partial charge in [0.15, 0.2) is 0 Å². The third-order valence-electron chi connectivity index (χ3n) is 2.64. The summed E-state index contributed by atoms with van der Waals surface area (Å²) < 4.78 is 34.0. The average Bonchev–Trinajstić information content (AvgIpc) is 2.26. The summed E-state index contributed by atoms with van der Waals surface area (Å²) in [7, 11) is -4.09. The summed E-state index contributed by atoms with van der Waals surface area (Å²) in [4.78, 5) is 11.3. The van der Waals surface area contributed by atoms with E-state index < -0.39 is 21.8 Å². The van der Waals surface area contributed by atoms with Gasteiger partial charge in [-0.05, 0) is 33.1 Å². The molecule has 0 bridgehead atoms. The Balaban J connectivity index is 3.79. The summed E-state index contributed by atoms with van der Waals surface area (Å²) in [6.45, 7) is 3.21. The first-order chi connectivity index (χ1) is 9.20. The zero-order valence-corrected chi connectivity index (χ0v) is 12.9. The number of ether oxygens (including phenoxy) is 1. The molecular formula is C13H24O6S. The van der Waals surface area contributed by atoms with E-state index in [4.69, 9.17) is 9.66 Å². The van der Waals surface area contributed by atoms with E-state index in [9.17, 15) is 13.2 Å². The number of unbranched alkanes of at least 4 members (excludes halogenated alkanes) is 2. The third-order valence-corrected chi connectivity index (χ3v) is 3.33. The Morgan fingerprint density at radius 3 is 2.50 bits per heavy atom. The van der Waals surface area contributed by atoms with Crippen LogP contribution in [0.1, 0.15) is 46.0 Å². The maximum atomic E-state index is 11.3. The Morgan fingerprint density at radius 2 is 1.95 bits per heavy atom. The molecule has 118 valence electrons. The normalized spacial score (nSPS) is 14.1. The van der Waals surface area contributed by atoms with Crippen LogP contribution in [0.25, 0.3) is 0 Å². The van der Waals surface area contributed by atoms with Crippen LogP contribution in [0.2, 0.25) is 0 Å². The van der Waals surface area contributed by atoms with Gasteiger partial charge in [0.05, 0.1) is 6.10 Å². The highest BCUT2D eigenvalue weighted by atomic mass is 32.2. The second-order valence-electron chi connectivity index (χ2n) is 4.89. The van der Waals surface area contributed by atoms with Gasteiger partial charge >= 0.3 is 5.97 Å². The molecule has 0 heterocycles. The van der Waals surface area contributed by atoms with Gasteiger partial charge < -0.3 is 9.84 Å². The van der Waals surface area contributed by atoms with Crippen LogP contribution in [-0.4, -0.2) is 42.5 Å². The Morgan fingerprint density at radius 1 is 1.30 bits per heavy atom. The fraction of sp³-hybridized carbons (Fsp3) is 0.769. The molecule has 0 aliphatic rings. The highest BCUT2D eigenvalue weighted by molar-refractivity contribution is 7.85. The fourth-order valence-corrected chi connectivity index (χ4v) is 1.88. The van der Waals surface area contributed by atoms with Crippen LogP contribution in [0, 0.1) is 0 Å². The van der Waals surface area contributed by atoms with Crippen LogP contribution >= 0.6 is 0 Å². The lowest BCUT2D eigenvalue weighted by Crippen LogP contribution is -2.13. The third kappa shape index (κ3) is 13.5. The predicted molar refractivity (Wildman–Crippen MR) is 75.9 cm³/mol. The van der Waals surface area contributed by atoms with E-state index in [1.807, 2.05) is 0 Å². The van der Waals surface area contributed by atoms with Crippen LogP contribution in [0.3, 0.4) is 0 Å². The van der Waals surface area contributed by atoms with Crippen molar-refractivity contribution in [1.29, 1.82) is 0 Å². The molecule has 0 aromatic carbocycles. The number of hydrogen-bond acceptors (Lipinski definition) is 5. The fourth-order valence-electron chi connectivity index (χ4n) is 1.58. The number of aliphatic hydroxyl groups excluding tert-OH is 1. The first-order valence-corrected chi connectivity index (χ1v) is 8.29. The van der Waals surface area contributed by atoms with Crippen molar-refractivity contribution in [2.75, 3.05) is 12.4 Å². The SMILES string of the molecule is C/C(=C\C(=O)OCCS(=O)(=O)O)CCCCC[C@@H](C)O. The minimum atomic E-state index is -4.09. The van der Waals surface area contributed by atoms with Gasteiger partial charge in [-0.15, -0.1) is 0 Å². The van der Waals surface area contributed by atoms with Gasteiger partial charge in [-0.3, -0.25) is 4.55 Å². The highest BCUT2D eigenvalue weighted by Gasteiger charge is 2.06. The summed E-state index contributed by atoms with van der Waals surface area (Å²) in [5.74, 6) is -1.19. The molecule has 0 saturated heterocycles. The number of rotatable bonds is 10. The van der Waals surface area contributed by atoms with E-state index in [1.165, 1.54) is 6.08 Å². The predicted octanol–water partition coefficient (Wildman–Crippen LogP) is 1.70. The topological polar surface area (TPSA) is 101 Å². The minimum absolute atomic E-state index is 0.274. The first kappa shape index (κ1) is 19.1. The van der Waals surface area contributed by atoms with Crippen molar-refractivity contribution in [3.63, 3.8) is 0 Å². The van der Waals surface area contributed by atoms with Gasteiger partial charge in [-0.25, -0.2) is 4.79 Å². The Bertz CT molecular complexity index is 411. The van der Waals surface area contributed by atoms with Crippen molar-refractivity contribution in [2.45, 2.75) is 52.1 Å². The van der Waals surface area contributed by atoms with Crippen LogP contribution < -0.4 is 0 Å². The van der Waals surface area contributed by atoms with Crippen molar-refractivity contribution in [1.82, 2.24) is 0 Å². The first-order valence-electron chi connectivity index (χ1n) is 6.68. The van der Waals surface area contributed by atoms with Crippen molar-refractivity contribution in [3.8, 4) is 0 Å². The van der Waals surface area contributed by atoms with E-state index in [0.29, 0.717) is 0 Å². The van der Waals surface area contributed by atoms with Gasteiger partial charge in [0.2, 0.25) is 0 Å². The smallest absolute Gasteiger partial charge is 0.330 e. The number of allylic oxidation sites excluding steroid dienone is 1. The molecule has 1 atom stereocenters. The monoisotopic (exact) mass is 308 g/mol. The number of aliphatic hydroxyl groups is 1. The minimum Gasteiger partial charge on any atom is -0.461 e. The summed E-state index contributed by atoms with van der Waals surface area (Å²) >= 11 is 0. The number of hydrogen-bond donors (Lipinski definition) is 2. The van der Waals surface area contributed by atoms with Crippen LogP contribution in [-0.2, 0) is 19.6 Å². The maximum absolute atomic E-state index is 11.3. The Labute approximate surface area is 120 Å².